The standard InChI is InChI=1S/C23H23F6NO2/c1-2-21(31)30-9-8-20(19(13-30)16-6-4-3-5-7-16)32-14-15-10-17(22(24,25)26)12-18(11-15)23(27,28)29/h3-7,10-12,19-20H,2,8-9,13-14H2,1H3/t19-,20-/m0/s1. The lowest BCUT2D eigenvalue weighted by atomic mass is 9.87. The summed E-state index contributed by atoms with van der Waals surface area (Å²) in [7, 11) is 0. The van der Waals surface area contributed by atoms with E-state index in [1.165, 1.54) is 0 Å². The summed E-state index contributed by atoms with van der Waals surface area (Å²) >= 11 is 0. The van der Waals surface area contributed by atoms with Crippen molar-refractivity contribution in [1.82, 2.24) is 4.90 Å². The molecule has 0 radical (unpaired) electrons. The smallest absolute Gasteiger partial charge is 0.373 e. The van der Waals surface area contributed by atoms with Crippen molar-refractivity contribution in [3.05, 3.63) is 70.8 Å². The zero-order chi connectivity index (χ0) is 23.5. The van der Waals surface area contributed by atoms with Gasteiger partial charge in [-0.1, -0.05) is 37.3 Å². The van der Waals surface area contributed by atoms with Crippen molar-refractivity contribution >= 4 is 5.91 Å². The molecule has 0 bridgehead atoms. The summed E-state index contributed by atoms with van der Waals surface area (Å²) in [6, 6.07) is 10.7. The topological polar surface area (TPSA) is 29.5 Å². The second-order valence-corrected chi connectivity index (χ2v) is 7.76. The van der Waals surface area contributed by atoms with Crippen molar-refractivity contribution in [2.45, 2.75) is 50.7 Å². The van der Waals surface area contributed by atoms with E-state index in [1.54, 1.807) is 11.8 Å². The SMILES string of the molecule is CCC(=O)N1CC[C@H](OCc2cc(C(F)(F)F)cc(C(F)(F)F)c2)[C@H](c2ccccc2)C1. The molecular formula is C23H23F6NO2. The average molecular weight is 459 g/mol. The first-order chi connectivity index (χ1) is 15.0. The predicted octanol–water partition coefficient (Wildman–Crippen LogP) is 6.04. The maximum absolute atomic E-state index is 13.1. The molecule has 1 amide bonds. The van der Waals surface area contributed by atoms with Crippen LogP contribution in [0.3, 0.4) is 0 Å². The highest BCUT2D eigenvalue weighted by molar-refractivity contribution is 5.76. The minimum Gasteiger partial charge on any atom is -0.373 e. The van der Waals surface area contributed by atoms with Gasteiger partial charge in [0.05, 0.1) is 23.8 Å². The third-order valence-corrected chi connectivity index (χ3v) is 5.54. The fourth-order valence-corrected chi connectivity index (χ4v) is 3.91. The van der Waals surface area contributed by atoms with E-state index in [4.69, 9.17) is 4.74 Å². The van der Waals surface area contributed by atoms with Gasteiger partial charge in [0.1, 0.15) is 0 Å². The molecule has 0 spiro atoms. The number of nitrogens with zero attached hydrogens (tertiary/aromatic N) is 1. The Hall–Kier alpha value is -2.55. The molecule has 174 valence electrons. The highest BCUT2D eigenvalue weighted by Gasteiger charge is 2.37. The van der Waals surface area contributed by atoms with Crippen LogP contribution in [0.25, 0.3) is 0 Å². The number of likely N-dealkylation sites (tertiary alicyclic amines) is 1. The molecule has 32 heavy (non-hydrogen) atoms. The largest absolute Gasteiger partial charge is 0.416 e. The van der Waals surface area contributed by atoms with E-state index in [-0.39, 0.29) is 23.5 Å². The van der Waals surface area contributed by atoms with Crippen molar-refractivity contribution in [2.75, 3.05) is 13.1 Å². The maximum atomic E-state index is 13.1. The number of hydrogen-bond donors (Lipinski definition) is 0. The number of amides is 1. The van der Waals surface area contributed by atoms with Gasteiger partial charge in [-0.25, -0.2) is 0 Å². The number of piperidine rings is 1. The van der Waals surface area contributed by atoms with Gasteiger partial charge in [-0.3, -0.25) is 4.79 Å². The number of carbonyl (C=O) groups is 1. The molecule has 1 heterocycles. The average Bonchev–Trinajstić information content (AvgIpc) is 2.76. The number of hydrogen-bond acceptors (Lipinski definition) is 2. The normalized spacial score (nSPS) is 19.8. The first kappa shape index (κ1) is 24.1. The minimum atomic E-state index is -4.91. The summed E-state index contributed by atoms with van der Waals surface area (Å²) < 4.78 is 84.6. The van der Waals surface area contributed by atoms with Crippen molar-refractivity contribution < 1.29 is 35.9 Å². The Labute approximate surface area is 182 Å². The molecule has 1 fully saturated rings. The van der Waals surface area contributed by atoms with E-state index in [9.17, 15) is 31.1 Å². The fourth-order valence-electron chi connectivity index (χ4n) is 3.91. The Morgan fingerprint density at radius 2 is 1.59 bits per heavy atom. The number of ether oxygens (including phenoxy) is 1. The molecule has 1 aliphatic heterocycles. The molecule has 0 aliphatic carbocycles. The molecule has 2 atom stereocenters. The highest BCUT2D eigenvalue weighted by Crippen LogP contribution is 2.37. The minimum absolute atomic E-state index is 0.0166. The summed E-state index contributed by atoms with van der Waals surface area (Å²) in [6.07, 6.45) is -9.50. The first-order valence-corrected chi connectivity index (χ1v) is 10.2. The second-order valence-electron chi connectivity index (χ2n) is 7.76. The van der Waals surface area contributed by atoms with Gasteiger partial charge in [-0.2, -0.15) is 26.3 Å². The van der Waals surface area contributed by atoms with Gasteiger partial charge in [0.15, 0.2) is 0 Å². The monoisotopic (exact) mass is 459 g/mol. The van der Waals surface area contributed by atoms with Gasteiger partial charge >= 0.3 is 12.4 Å². The number of rotatable bonds is 5. The van der Waals surface area contributed by atoms with E-state index in [0.29, 0.717) is 38.1 Å². The number of benzene rings is 2. The van der Waals surface area contributed by atoms with Gasteiger partial charge in [-0.05, 0) is 35.7 Å². The Kier molecular flexibility index (Phi) is 7.17. The Morgan fingerprint density at radius 3 is 2.12 bits per heavy atom. The third-order valence-electron chi connectivity index (χ3n) is 5.54. The molecule has 2 aromatic rings. The Bertz CT molecular complexity index is 894. The summed E-state index contributed by atoms with van der Waals surface area (Å²) in [4.78, 5) is 13.9. The van der Waals surface area contributed by atoms with Crippen LogP contribution in [0.4, 0.5) is 26.3 Å². The molecule has 3 nitrogen and oxygen atoms in total. The summed E-state index contributed by atoms with van der Waals surface area (Å²) in [6.45, 7) is 2.14. The van der Waals surface area contributed by atoms with Crippen LogP contribution in [0.2, 0.25) is 0 Å². The van der Waals surface area contributed by atoms with E-state index < -0.39 is 36.2 Å². The highest BCUT2D eigenvalue weighted by atomic mass is 19.4. The zero-order valence-corrected chi connectivity index (χ0v) is 17.3. The van der Waals surface area contributed by atoms with Crippen LogP contribution in [-0.2, 0) is 28.5 Å². The molecule has 3 rings (SSSR count). The van der Waals surface area contributed by atoms with Gasteiger partial charge in [0, 0.05) is 25.4 Å². The Morgan fingerprint density at radius 1 is 1.00 bits per heavy atom. The van der Waals surface area contributed by atoms with Crippen LogP contribution in [-0.4, -0.2) is 30.0 Å². The molecular weight excluding hydrogens is 436 g/mol. The molecule has 0 unspecified atom stereocenters. The maximum Gasteiger partial charge on any atom is 0.416 e. The van der Waals surface area contributed by atoms with E-state index >= 15 is 0 Å². The fraction of sp³-hybridized carbons (Fsp3) is 0.435. The first-order valence-electron chi connectivity index (χ1n) is 10.2. The molecule has 1 saturated heterocycles. The lowest BCUT2D eigenvalue weighted by molar-refractivity contribution is -0.143. The van der Waals surface area contributed by atoms with Crippen molar-refractivity contribution in [2.24, 2.45) is 0 Å². The number of alkyl halides is 6. The predicted molar refractivity (Wildman–Crippen MR) is 106 cm³/mol. The van der Waals surface area contributed by atoms with Crippen molar-refractivity contribution in [1.29, 1.82) is 0 Å². The Balaban J connectivity index is 1.83. The lowest BCUT2D eigenvalue weighted by Gasteiger charge is -2.38. The van der Waals surface area contributed by atoms with Crippen LogP contribution >= 0.6 is 0 Å². The zero-order valence-electron chi connectivity index (χ0n) is 17.3. The second kappa shape index (κ2) is 9.52. The van der Waals surface area contributed by atoms with Gasteiger partial charge < -0.3 is 9.64 Å². The van der Waals surface area contributed by atoms with Gasteiger partial charge in [0.2, 0.25) is 5.91 Å². The number of carbonyl (C=O) groups excluding carboxylic acids is 1. The van der Waals surface area contributed by atoms with Crippen molar-refractivity contribution in [3.8, 4) is 0 Å². The molecule has 2 aromatic carbocycles. The molecule has 1 aliphatic rings. The quantitative estimate of drug-likeness (QED) is 0.511. The molecule has 0 aromatic heterocycles. The number of halogens is 6. The van der Waals surface area contributed by atoms with Crippen LogP contribution < -0.4 is 0 Å². The van der Waals surface area contributed by atoms with Crippen LogP contribution in [0, 0.1) is 0 Å². The lowest BCUT2D eigenvalue weighted by Crippen LogP contribution is -2.45. The molecule has 9 heteroatoms. The van der Waals surface area contributed by atoms with E-state index in [2.05, 4.69) is 0 Å². The third kappa shape index (κ3) is 5.82. The van der Waals surface area contributed by atoms with Gasteiger partial charge in [0.25, 0.3) is 0 Å². The van der Waals surface area contributed by atoms with Gasteiger partial charge in [-0.15, -0.1) is 0 Å². The van der Waals surface area contributed by atoms with Crippen LogP contribution in [0.5, 0.6) is 0 Å². The summed E-state index contributed by atoms with van der Waals surface area (Å²) in [5, 5.41) is 0. The molecule has 0 saturated carbocycles. The van der Waals surface area contributed by atoms with Crippen LogP contribution in [0.15, 0.2) is 48.5 Å². The van der Waals surface area contributed by atoms with E-state index in [0.717, 1.165) is 5.56 Å². The van der Waals surface area contributed by atoms with Crippen LogP contribution in [0.1, 0.15) is 47.9 Å². The summed E-state index contributed by atoms with van der Waals surface area (Å²) in [5.41, 5.74) is -2.04. The summed E-state index contributed by atoms with van der Waals surface area (Å²) in [5.74, 6) is -0.259. The van der Waals surface area contributed by atoms with E-state index in [1.807, 2.05) is 30.3 Å². The molecule has 0 N–H and O–H groups in total. The van der Waals surface area contributed by atoms with Crippen molar-refractivity contribution in [3.63, 3.8) is 0 Å².